The summed E-state index contributed by atoms with van der Waals surface area (Å²) in [5.74, 6) is 0. The molecule has 4 aromatic rings. The molecule has 0 saturated carbocycles. The van der Waals surface area contributed by atoms with Gasteiger partial charge in [0.25, 0.3) is 0 Å². The van der Waals surface area contributed by atoms with Crippen LogP contribution in [0.15, 0.2) is 121 Å². The minimum atomic E-state index is -3.67. The Balaban J connectivity index is -0.000000131. The minimum Gasteiger partial charge on any atom is -0.677 e. The van der Waals surface area contributed by atoms with Gasteiger partial charge in [0.05, 0.1) is 0 Å². The average Bonchev–Trinajstić information content (AvgIpc) is 3.01. The second kappa shape index (κ2) is 44.9. The van der Waals surface area contributed by atoms with Crippen molar-refractivity contribution in [3.8, 4) is 0 Å². The smallest absolute Gasteiger partial charge is 0.677 e. The third kappa shape index (κ3) is 56.8. The van der Waals surface area contributed by atoms with Crippen molar-refractivity contribution >= 4 is 37.6 Å². The topological polar surface area (TPSA) is 47.6 Å². The van der Waals surface area contributed by atoms with Crippen LogP contribution in [-0.2, 0) is 19.5 Å². The molecular weight excluding hydrogens is 691 g/mol. The number of rotatable bonds is 2. The molecule has 0 heterocycles. The van der Waals surface area contributed by atoms with Crippen LogP contribution in [0.3, 0.4) is 0 Å². The molecule has 0 aliphatic rings. The second-order valence-corrected chi connectivity index (χ2v) is 9.10. The Morgan fingerprint density at radius 3 is 0.651 bits per heavy atom. The summed E-state index contributed by atoms with van der Waals surface area (Å²) < 4.78 is 29.0. The predicted molar refractivity (Wildman–Crippen MR) is 193 cm³/mol. The van der Waals surface area contributed by atoms with E-state index in [1.165, 1.54) is 28.6 Å². The molecule has 0 fully saturated rings. The van der Waals surface area contributed by atoms with Crippen LogP contribution in [-0.4, -0.2) is 39.3 Å². The monoisotopic (exact) mass is 740 g/mol. The van der Waals surface area contributed by atoms with E-state index in [9.17, 15) is 12.9 Å². The molecule has 240 valence electrons. The second-order valence-electron chi connectivity index (χ2n) is 7.94. The van der Waals surface area contributed by atoms with Gasteiger partial charge >= 0.3 is 27.0 Å². The summed E-state index contributed by atoms with van der Waals surface area (Å²) in [6.45, 7) is 9.40. The van der Waals surface area contributed by atoms with Gasteiger partial charge in [-0.3, -0.25) is 12.9 Å². The van der Waals surface area contributed by atoms with E-state index >= 15 is 0 Å². The van der Waals surface area contributed by atoms with Crippen molar-refractivity contribution in [2.24, 2.45) is 0 Å². The average molecular weight is 740 g/mol. The van der Waals surface area contributed by atoms with E-state index in [0.29, 0.717) is 13.1 Å². The van der Waals surface area contributed by atoms with Crippen LogP contribution >= 0.6 is 30.1 Å². The largest absolute Gasteiger partial charge is 2.00 e. The van der Waals surface area contributed by atoms with Crippen LogP contribution in [0.1, 0.15) is 22.3 Å². The van der Waals surface area contributed by atoms with Crippen LogP contribution in [0.4, 0.5) is 12.9 Å². The Morgan fingerprint density at radius 1 is 0.488 bits per heavy atom. The van der Waals surface area contributed by atoms with Crippen LogP contribution in [0.25, 0.3) is 11.5 Å². The normalized spacial score (nSPS) is 7.84. The van der Waals surface area contributed by atoms with Crippen molar-refractivity contribution in [3.63, 3.8) is 0 Å². The van der Waals surface area contributed by atoms with Crippen LogP contribution < -0.4 is 0 Å². The van der Waals surface area contributed by atoms with Gasteiger partial charge in [-0.2, -0.15) is 0 Å². The molecule has 0 spiro atoms. The van der Waals surface area contributed by atoms with Crippen LogP contribution in [0, 0.1) is 27.7 Å². The number of alkyl halides is 1. The number of halogens is 4. The Bertz CT molecular complexity index is 824. The van der Waals surface area contributed by atoms with Crippen molar-refractivity contribution in [2.45, 2.75) is 27.7 Å². The first-order valence-electron chi connectivity index (χ1n) is 13.2. The maximum Gasteiger partial charge on any atom is 2.00 e. The fourth-order valence-corrected chi connectivity index (χ4v) is 2.14. The van der Waals surface area contributed by atoms with Crippen molar-refractivity contribution < 1.29 is 32.4 Å². The van der Waals surface area contributed by atoms with Gasteiger partial charge in [-0.05, 0) is 27.7 Å². The zero-order valence-corrected chi connectivity index (χ0v) is 30.8. The van der Waals surface area contributed by atoms with Gasteiger partial charge in [-0.1, -0.05) is 156 Å². The predicted octanol–water partition coefficient (Wildman–Crippen LogP) is 11.5. The zero-order chi connectivity index (χ0) is 32.9. The SMILES string of the molecule is CCl.Cc1ccccc1.Cc1ccccc1.Cc1ccccc1.Cc1ccccc1.FB(F)F.[NH-]CCP.[NH-]CCP.[Ru+2]. The molecule has 0 saturated heterocycles. The van der Waals surface area contributed by atoms with Gasteiger partial charge < -0.3 is 11.5 Å². The van der Waals surface area contributed by atoms with Crippen LogP contribution in [0.5, 0.6) is 0 Å². The number of aryl methyl sites for hydroxylation is 4. The maximum atomic E-state index is 9.67. The molecule has 43 heavy (non-hydrogen) atoms. The third-order valence-corrected chi connectivity index (χ3v) is 4.63. The summed E-state index contributed by atoms with van der Waals surface area (Å²) in [6.07, 6.45) is 3.28. The first-order chi connectivity index (χ1) is 20.1. The van der Waals surface area contributed by atoms with E-state index in [2.05, 4.69) is 106 Å². The molecule has 4 aromatic carbocycles. The van der Waals surface area contributed by atoms with E-state index in [1.54, 1.807) is 0 Å². The number of hydrogen-bond acceptors (Lipinski definition) is 0. The first-order valence-corrected chi connectivity index (χ1v) is 15.6. The fourth-order valence-electron chi connectivity index (χ4n) is 2.14. The molecule has 2 nitrogen and oxygen atoms in total. The summed E-state index contributed by atoms with van der Waals surface area (Å²) in [5.41, 5.74) is 18.1. The third-order valence-electron chi connectivity index (χ3n) is 4.05. The van der Waals surface area contributed by atoms with Gasteiger partial charge in [0.15, 0.2) is 0 Å². The Morgan fingerprint density at radius 2 is 0.605 bits per heavy atom. The van der Waals surface area contributed by atoms with E-state index in [-0.39, 0.29) is 19.5 Å². The van der Waals surface area contributed by atoms with Gasteiger partial charge in [0.2, 0.25) is 0 Å². The minimum absolute atomic E-state index is 0. The molecule has 4 rings (SSSR count). The summed E-state index contributed by atoms with van der Waals surface area (Å²) in [7, 11) is 1.27. The van der Waals surface area contributed by atoms with Gasteiger partial charge in [-0.15, -0.1) is 43.2 Å². The molecule has 0 aliphatic heterocycles. The standard InChI is InChI=1S/4C7H8.2C2H7NP.CH3Cl.BF3.Ru/c4*1-7-5-3-2-4-6-7;2*3-1-2-4;1-2;2-1(3)4;/h4*2-6H,1H3;2*3H,1-2,4H2;1H3;;/q;;;;2*-1;;;+2. The van der Waals surface area contributed by atoms with E-state index in [4.69, 9.17) is 11.5 Å². The quantitative estimate of drug-likeness (QED) is 0.112. The van der Waals surface area contributed by atoms with E-state index < -0.39 is 7.54 Å². The zero-order valence-electron chi connectivity index (χ0n) is 26.0. The fraction of sp³-hybridized carbons (Fsp3) is 0.273. The Hall–Kier alpha value is -1.57. The summed E-state index contributed by atoms with van der Waals surface area (Å²) in [5, 5.41) is 0. The number of nitrogens with one attached hydrogen (secondary N) is 2. The molecule has 2 atom stereocenters. The van der Waals surface area contributed by atoms with Crippen molar-refractivity contribution in [1.82, 2.24) is 0 Å². The van der Waals surface area contributed by atoms with Crippen molar-refractivity contribution in [1.29, 1.82) is 0 Å². The summed E-state index contributed by atoms with van der Waals surface area (Å²) in [4.78, 5) is 0. The van der Waals surface area contributed by atoms with E-state index in [1.807, 2.05) is 72.8 Å². The molecule has 10 heteroatoms. The van der Waals surface area contributed by atoms with Crippen molar-refractivity contribution in [2.75, 3.05) is 31.8 Å². The molecular formula is C33H49BClF3N2P2Ru. The first kappa shape index (κ1) is 51.0. The van der Waals surface area contributed by atoms with Gasteiger partial charge in [-0.25, -0.2) is 0 Å². The maximum absolute atomic E-state index is 9.67. The van der Waals surface area contributed by atoms with E-state index in [0.717, 1.165) is 12.3 Å². The van der Waals surface area contributed by atoms with Crippen molar-refractivity contribution in [3.05, 3.63) is 155 Å². The van der Waals surface area contributed by atoms with Gasteiger partial charge in [0.1, 0.15) is 0 Å². The molecule has 0 aliphatic carbocycles. The molecule has 2 unspecified atom stereocenters. The molecule has 2 N–H and O–H groups in total. The molecule has 0 amide bonds. The van der Waals surface area contributed by atoms with Crippen LogP contribution in [0.2, 0.25) is 0 Å². The molecule has 0 aromatic heterocycles. The number of benzene rings is 4. The molecule has 0 radical (unpaired) electrons. The Kier molecular flexibility index (Phi) is 53.2. The number of hydrogen-bond donors (Lipinski definition) is 0. The molecule has 0 bridgehead atoms. The van der Waals surface area contributed by atoms with Gasteiger partial charge in [0, 0.05) is 6.38 Å². The Labute approximate surface area is 283 Å². The summed E-state index contributed by atoms with van der Waals surface area (Å²) >= 11 is 4.64. The summed E-state index contributed by atoms with van der Waals surface area (Å²) in [6, 6.07) is 41.0.